The normalized spacial score (nSPS) is 11.8. The summed E-state index contributed by atoms with van der Waals surface area (Å²) in [4.78, 5) is 21.2. The zero-order valence-corrected chi connectivity index (χ0v) is 72.9. The second kappa shape index (κ2) is 31.8. The summed E-state index contributed by atoms with van der Waals surface area (Å²) in [6, 6.07) is 171. The van der Waals surface area contributed by atoms with Gasteiger partial charge in [0.2, 0.25) is 0 Å². The first-order valence-corrected chi connectivity index (χ1v) is 46.2. The van der Waals surface area contributed by atoms with Crippen LogP contribution in [0.1, 0.15) is 0 Å². The van der Waals surface area contributed by atoms with Crippen molar-refractivity contribution in [1.82, 2.24) is 29.1 Å². The zero-order valence-electron chi connectivity index (χ0n) is 72.1. The van der Waals surface area contributed by atoms with Gasteiger partial charge in [0.25, 0.3) is 0 Å². The number of aromatic nitrogens is 6. The molecule has 5 heterocycles. The minimum absolute atomic E-state index is 0.846. The van der Waals surface area contributed by atoms with E-state index in [2.05, 4.69) is 446 Å². The maximum absolute atomic E-state index is 5.37. The summed E-state index contributed by atoms with van der Waals surface area (Å²) >= 11 is 1.88. The van der Waals surface area contributed by atoms with Gasteiger partial charge in [-0.05, 0) is 212 Å². The number of benzene rings is 22. The minimum Gasteiger partial charge on any atom is -0.309 e. The standard InChI is InChI=1S/C70H43N3S.C56H35N3/c1-3-16-44(17-4-1)50-40-51(45-18-5-2-6-19-45)42-52(41-50)46-30-32-48(33-31-46)68-69(72-62-28-13-12-27-61(62)71-68)49-34-37-53(38-35-49)73-63-39-36-47-20-7-8-21-54(47)66(63)67-57-24-10-9-22-55(57)60(43-64(67)73)59-26-15-25-58-56-23-11-14-29-65(56)74-70(58)59;1-2-13-36(14-3-1)37-25-27-40(28-26-37)55-56(58-50-24-11-10-23-49(50)57-55)41-29-32-42(33-30-41)59-51-34-31-39-16-5-7-19-44(39)53(51)54-47-21-9-8-20-46(47)48(35-52(54)59)45-22-12-17-38-15-4-6-18-43(38)45/h1-43H;1-35H. The van der Waals surface area contributed by atoms with Crippen molar-refractivity contribution in [3.05, 3.63) is 473 Å². The molecular formula is C126H78N6S. The lowest BCUT2D eigenvalue weighted by molar-refractivity contribution is 1.18. The molecule has 133 heavy (non-hydrogen) atoms. The fraction of sp³-hybridized carbons (Fsp3) is 0. The van der Waals surface area contributed by atoms with Gasteiger partial charge in [-0.2, -0.15) is 0 Å². The van der Waals surface area contributed by atoms with Crippen molar-refractivity contribution in [3.8, 4) is 123 Å². The monoisotopic (exact) mass is 1710 g/mol. The van der Waals surface area contributed by atoms with Gasteiger partial charge >= 0.3 is 0 Å². The first kappa shape index (κ1) is 76.8. The lowest BCUT2D eigenvalue weighted by atomic mass is 9.91. The Balaban J connectivity index is 0.000000143. The maximum Gasteiger partial charge on any atom is 0.0973 e. The first-order chi connectivity index (χ1) is 65.9. The molecule has 618 valence electrons. The van der Waals surface area contributed by atoms with Crippen LogP contribution in [0.4, 0.5) is 0 Å². The molecule has 0 saturated carbocycles. The van der Waals surface area contributed by atoms with Crippen LogP contribution in [0.15, 0.2) is 473 Å². The van der Waals surface area contributed by atoms with Gasteiger partial charge in [-0.1, -0.05) is 376 Å². The third-order valence-corrected chi connectivity index (χ3v) is 28.2. The average molecular weight is 1710 g/mol. The predicted octanol–water partition coefficient (Wildman–Crippen LogP) is 34.3. The summed E-state index contributed by atoms with van der Waals surface area (Å²) in [6.45, 7) is 0. The van der Waals surface area contributed by atoms with Crippen molar-refractivity contribution in [3.63, 3.8) is 0 Å². The lowest BCUT2D eigenvalue weighted by Gasteiger charge is -2.15. The third-order valence-electron chi connectivity index (χ3n) is 26.9. The van der Waals surface area contributed by atoms with E-state index in [0.29, 0.717) is 0 Å². The Morgan fingerprint density at radius 2 is 0.459 bits per heavy atom. The highest BCUT2D eigenvalue weighted by atomic mass is 32.1. The Labute approximate surface area is 770 Å². The predicted molar refractivity (Wildman–Crippen MR) is 563 cm³/mol. The van der Waals surface area contributed by atoms with Crippen LogP contribution in [0.5, 0.6) is 0 Å². The molecule has 0 radical (unpaired) electrons. The van der Waals surface area contributed by atoms with Crippen molar-refractivity contribution in [2.24, 2.45) is 0 Å². The number of para-hydroxylation sites is 4. The molecule has 22 aromatic carbocycles. The van der Waals surface area contributed by atoms with E-state index < -0.39 is 0 Å². The van der Waals surface area contributed by atoms with Crippen molar-refractivity contribution in [1.29, 1.82) is 0 Å². The molecule has 0 aliphatic heterocycles. The number of thiophene rings is 1. The van der Waals surface area contributed by atoms with E-state index in [1.165, 1.54) is 173 Å². The Morgan fingerprint density at radius 3 is 0.902 bits per heavy atom. The number of hydrogen-bond donors (Lipinski definition) is 0. The molecule has 0 unspecified atom stereocenters. The number of nitrogens with zero attached hydrogens (tertiary/aromatic N) is 6. The topological polar surface area (TPSA) is 61.4 Å². The Kier molecular flexibility index (Phi) is 18.4. The van der Waals surface area contributed by atoms with Gasteiger partial charge in [0.1, 0.15) is 0 Å². The second-order valence-corrected chi connectivity index (χ2v) is 35.6. The molecular weight excluding hydrogens is 1630 g/mol. The van der Waals surface area contributed by atoms with Crippen LogP contribution in [0.25, 0.3) is 263 Å². The Hall–Kier alpha value is -17.4. The van der Waals surface area contributed by atoms with E-state index in [1.54, 1.807) is 0 Å². The summed E-state index contributed by atoms with van der Waals surface area (Å²) in [5, 5.41) is 20.1. The molecule has 0 aliphatic rings. The number of rotatable bonds is 12. The van der Waals surface area contributed by atoms with Gasteiger partial charge in [-0.15, -0.1) is 11.3 Å². The Morgan fingerprint density at radius 1 is 0.165 bits per heavy atom. The molecule has 0 fully saturated rings. The molecule has 0 saturated heterocycles. The van der Waals surface area contributed by atoms with Crippen molar-refractivity contribution in [2.45, 2.75) is 0 Å². The van der Waals surface area contributed by atoms with Crippen molar-refractivity contribution in [2.75, 3.05) is 0 Å². The minimum atomic E-state index is 0.846. The SMILES string of the molecule is c1ccc(-c2cc(-c3ccccc3)cc(-c3ccc(-c4nc5ccccc5nc4-c4ccc(-n5c6ccc7ccccc7c6c6c7ccccc7c(-c7cccc8c7sc7ccccc78)cc65)cc4)cc3)c2)cc1.c1ccc(-c2ccc(-c3nc4ccccc4nc3-c3ccc(-n4c5ccc6ccccc6c5c5c6ccccc6c(-c6cccc7ccccc67)cc54)cc3)cc2)cc1. The van der Waals surface area contributed by atoms with E-state index in [1.807, 2.05) is 47.7 Å². The number of hydrogen-bond acceptors (Lipinski definition) is 5. The smallest absolute Gasteiger partial charge is 0.0973 e. The Bertz CT molecular complexity index is 9280. The summed E-state index contributed by atoms with van der Waals surface area (Å²) in [5.74, 6) is 0. The number of fused-ring (bicyclic) bond motifs is 20. The molecule has 7 heteroatoms. The van der Waals surface area contributed by atoms with E-state index in [4.69, 9.17) is 19.9 Å². The maximum atomic E-state index is 5.37. The average Bonchev–Trinajstić information content (AvgIpc) is 1.55. The fourth-order valence-corrected chi connectivity index (χ4v) is 21.9. The highest BCUT2D eigenvalue weighted by Gasteiger charge is 2.26. The molecule has 27 rings (SSSR count). The third kappa shape index (κ3) is 13.1. The van der Waals surface area contributed by atoms with Crippen LogP contribution in [0, 0.1) is 0 Å². The second-order valence-electron chi connectivity index (χ2n) is 34.5. The molecule has 0 aliphatic carbocycles. The summed E-state index contributed by atoms with van der Waals surface area (Å²) in [7, 11) is 0. The lowest BCUT2D eigenvalue weighted by Crippen LogP contribution is -1.97. The van der Waals surface area contributed by atoms with Crippen LogP contribution in [-0.4, -0.2) is 29.1 Å². The summed E-state index contributed by atoms with van der Waals surface area (Å²) in [6.07, 6.45) is 0. The molecule has 0 N–H and O–H groups in total. The molecule has 0 spiro atoms. The van der Waals surface area contributed by atoms with Gasteiger partial charge in [0.15, 0.2) is 0 Å². The summed E-state index contributed by atoms with van der Waals surface area (Å²) < 4.78 is 7.55. The van der Waals surface area contributed by atoms with E-state index in [0.717, 1.165) is 89.6 Å². The van der Waals surface area contributed by atoms with Gasteiger partial charge in [0.05, 0.1) is 66.9 Å². The van der Waals surface area contributed by atoms with Gasteiger partial charge in [0, 0.05) is 80.9 Å². The molecule has 0 atom stereocenters. The van der Waals surface area contributed by atoms with Crippen molar-refractivity contribution < 1.29 is 0 Å². The molecule has 0 amide bonds. The molecule has 0 bridgehead atoms. The van der Waals surface area contributed by atoms with Crippen LogP contribution in [-0.2, 0) is 0 Å². The van der Waals surface area contributed by atoms with Crippen molar-refractivity contribution >= 4 is 151 Å². The van der Waals surface area contributed by atoms with E-state index in [-0.39, 0.29) is 0 Å². The molecule has 27 aromatic rings. The van der Waals surface area contributed by atoms with Gasteiger partial charge < -0.3 is 9.13 Å². The summed E-state index contributed by atoms with van der Waals surface area (Å²) in [5.41, 5.74) is 32.2. The first-order valence-electron chi connectivity index (χ1n) is 45.4. The van der Waals surface area contributed by atoms with Crippen LogP contribution >= 0.6 is 11.3 Å². The van der Waals surface area contributed by atoms with Crippen LogP contribution in [0.2, 0.25) is 0 Å². The van der Waals surface area contributed by atoms with E-state index >= 15 is 0 Å². The van der Waals surface area contributed by atoms with E-state index in [9.17, 15) is 0 Å². The largest absolute Gasteiger partial charge is 0.309 e. The van der Waals surface area contributed by atoms with Crippen LogP contribution in [0.3, 0.4) is 0 Å². The van der Waals surface area contributed by atoms with Gasteiger partial charge in [-0.3, -0.25) is 0 Å². The quantitative estimate of drug-likeness (QED) is 0.122. The fourth-order valence-electron chi connectivity index (χ4n) is 20.7. The zero-order chi connectivity index (χ0) is 87.6. The van der Waals surface area contributed by atoms with Gasteiger partial charge in [-0.25, -0.2) is 19.9 Å². The van der Waals surface area contributed by atoms with Crippen LogP contribution < -0.4 is 0 Å². The highest BCUT2D eigenvalue weighted by Crippen LogP contribution is 2.51. The highest BCUT2D eigenvalue weighted by molar-refractivity contribution is 7.26. The molecule has 5 aromatic heterocycles. The molecule has 6 nitrogen and oxygen atoms in total.